The van der Waals surface area contributed by atoms with E-state index in [-0.39, 0.29) is 5.92 Å². The number of aryl methyl sites for hydroxylation is 2. The zero-order chi connectivity index (χ0) is 24.2. The highest BCUT2D eigenvalue weighted by Crippen LogP contribution is 2.24. The molecule has 0 N–H and O–H groups in total. The second kappa shape index (κ2) is 10.8. The third-order valence-electron chi connectivity index (χ3n) is 7.70. The van der Waals surface area contributed by atoms with Crippen molar-refractivity contribution in [1.29, 1.82) is 0 Å². The number of amides is 1. The summed E-state index contributed by atoms with van der Waals surface area (Å²) in [6, 6.07) is 17.4. The van der Waals surface area contributed by atoms with Crippen molar-refractivity contribution in [1.82, 2.24) is 19.4 Å². The second-order valence-corrected chi connectivity index (χ2v) is 10.1. The third kappa shape index (κ3) is 5.22. The molecule has 0 spiro atoms. The van der Waals surface area contributed by atoms with Crippen molar-refractivity contribution in [2.75, 3.05) is 44.2 Å². The van der Waals surface area contributed by atoms with Gasteiger partial charge in [0.05, 0.1) is 23.5 Å². The number of anilines is 1. The molecule has 2 aromatic carbocycles. The quantitative estimate of drug-likeness (QED) is 0.504. The van der Waals surface area contributed by atoms with Crippen LogP contribution in [-0.2, 0) is 24.3 Å². The number of hydrogen-bond acceptors (Lipinski definition) is 4. The maximum absolute atomic E-state index is 13.4. The van der Waals surface area contributed by atoms with E-state index in [0.717, 1.165) is 83.0 Å². The van der Waals surface area contributed by atoms with Crippen molar-refractivity contribution in [2.24, 2.45) is 5.92 Å². The number of fused-ring (bicyclic) bond motifs is 1. The first-order valence-electron chi connectivity index (χ1n) is 13.5. The van der Waals surface area contributed by atoms with Crippen molar-refractivity contribution >= 4 is 22.6 Å². The highest BCUT2D eigenvalue weighted by atomic mass is 16.2. The van der Waals surface area contributed by atoms with Gasteiger partial charge in [-0.3, -0.25) is 9.69 Å². The van der Waals surface area contributed by atoms with Crippen LogP contribution in [-0.4, -0.2) is 64.5 Å². The van der Waals surface area contributed by atoms with Crippen LogP contribution in [0.15, 0.2) is 48.5 Å². The van der Waals surface area contributed by atoms with E-state index in [2.05, 4.69) is 81.6 Å². The molecule has 5 rings (SSSR count). The number of para-hydroxylation sites is 2. The molecule has 1 aromatic heterocycles. The van der Waals surface area contributed by atoms with Gasteiger partial charge in [-0.25, -0.2) is 4.98 Å². The van der Waals surface area contributed by atoms with Crippen molar-refractivity contribution in [3.05, 3.63) is 59.9 Å². The molecular formula is C29H39N5O. The normalized spacial score (nSPS) is 19.4. The Morgan fingerprint density at radius 3 is 2.49 bits per heavy atom. The van der Waals surface area contributed by atoms with Gasteiger partial charge in [0.15, 0.2) is 0 Å². The third-order valence-corrected chi connectivity index (χ3v) is 7.70. The molecule has 35 heavy (non-hydrogen) atoms. The summed E-state index contributed by atoms with van der Waals surface area (Å²) in [5, 5.41) is 0. The van der Waals surface area contributed by atoms with Crippen LogP contribution in [0.25, 0.3) is 11.0 Å². The van der Waals surface area contributed by atoms with Gasteiger partial charge in [0.1, 0.15) is 5.82 Å². The van der Waals surface area contributed by atoms with E-state index in [1.165, 1.54) is 23.2 Å². The van der Waals surface area contributed by atoms with Gasteiger partial charge in [0.25, 0.3) is 0 Å². The summed E-state index contributed by atoms with van der Waals surface area (Å²) in [7, 11) is 0. The molecule has 0 bridgehead atoms. The van der Waals surface area contributed by atoms with Gasteiger partial charge in [-0.1, -0.05) is 37.6 Å². The van der Waals surface area contributed by atoms with Crippen molar-refractivity contribution in [3.63, 3.8) is 0 Å². The number of piperazine rings is 1. The lowest BCUT2D eigenvalue weighted by Gasteiger charge is -2.39. The molecule has 186 valence electrons. The van der Waals surface area contributed by atoms with Crippen LogP contribution in [0.2, 0.25) is 0 Å². The first-order chi connectivity index (χ1) is 17.2. The lowest BCUT2D eigenvalue weighted by Crippen LogP contribution is -2.52. The topological polar surface area (TPSA) is 44.6 Å². The van der Waals surface area contributed by atoms with Gasteiger partial charge < -0.3 is 14.4 Å². The van der Waals surface area contributed by atoms with E-state index in [1.807, 2.05) is 0 Å². The first kappa shape index (κ1) is 23.9. The lowest BCUT2D eigenvalue weighted by atomic mass is 9.96. The Balaban J connectivity index is 1.17. The Morgan fingerprint density at radius 2 is 1.74 bits per heavy atom. The van der Waals surface area contributed by atoms with Crippen LogP contribution in [0.5, 0.6) is 0 Å². The molecule has 0 saturated carbocycles. The Kier molecular flexibility index (Phi) is 7.37. The summed E-state index contributed by atoms with van der Waals surface area (Å²) in [6.45, 7) is 11.5. The second-order valence-electron chi connectivity index (χ2n) is 10.1. The fourth-order valence-electron chi connectivity index (χ4n) is 5.81. The first-order valence-corrected chi connectivity index (χ1v) is 13.5. The van der Waals surface area contributed by atoms with E-state index in [9.17, 15) is 4.79 Å². The molecule has 3 heterocycles. The van der Waals surface area contributed by atoms with Crippen LogP contribution >= 0.6 is 0 Å². The summed E-state index contributed by atoms with van der Waals surface area (Å²) >= 11 is 0. The van der Waals surface area contributed by atoms with E-state index < -0.39 is 0 Å². The number of piperidine rings is 1. The van der Waals surface area contributed by atoms with E-state index in [1.54, 1.807) is 0 Å². The van der Waals surface area contributed by atoms with Crippen molar-refractivity contribution in [2.45, 2.75) is 52.6 Å². The zero-order valence-electron chi connectivity index (χ0n) is 21.3. The molecular weight excluding hydrogens is 434 g/mol. The van der Waals surface area contributed by atoms with Crippen LogP contribution in [0.1, 0.15) is 44.5 Å². The fraction of sp³-hybridized carbons (Fsp3) is 0.517. The molecule has 2 aliphatic heterocycles. The smallest absolute Gasteiger partial charge is 0.227 e. The molecule has 2 fully saturated rings. The van der Waals surface area contributed by atoms with Gasteiger partial charge in [-0.15, -0.1) is 0 Å². The number of benzene rings is 2. The number of rotatable bonds is 7. The summed E-state index contributed by atoms with van der Waals surface area (Å²) in [6.07, 6.45) is 4.39. The number of aromatic nitrogens is 2. The minimum atomic E-state index is 0.100. The molecule has 0 unspecified atom stereocenters. The highest BCUT2D eigenvalue weighted by molar-refractivity contribution is 5.79. The number of carbonyl (C=O) groups excluding carboxylic acids is 1. The average Bonchev–Trinajstić information content (AvgIpc) is 3.26. The minimum Gasteiger partial charge on any atom is -0.368 e. The maximum atomic E-state index is 13.4. The number of carbonyl (C=O) groups is 1. The van der Waals surface area contributed by atoms with Crippen molar-refractivity contribution < 1.29 is 4.79 Å². The van der Waals surface area contributed by atoms with Crippen LogP contribution < -0.4 is 4.90 Å². The molecule has 3 aromatic rings. The maximum Gasteiger partial charge on any atom is 0.227 e. The Morgan fingerprint density at radius 1 is 0.971 bits per heavy atom. The Bertz CT molecular complexity index is 1130. The monoisotopic (exact) mass is 473 g/mol. The highest BCUT2D eigenvalue weighted by Gasteiger charge is 2.31. The summed E-state index contributed by atoms with van der Waals surface area (Å²) < 4.78 is 2.31. The van der Waals surface area contributed by atoms with E-state index in [0.29, 0.717) is 5.91 Å². The molecule has 1 amide bonds. The molecule has 0 aliphatic carbocycles. The molecule has 6 nitrogen and oxygen atoms in total. The standard InChI is InChI=1S/C29H39N5O/c1-3-8-23-12-14-25(15-13-23)32-17-19-33(20-18-32)29(35)24-9-7-16-31(21-24)22-28-30-26-10-5-6-11-27(26)34(28)4-2/h5-6,10-15,24H,3-4,7-9,16-22H2,1-2H3/t24-/m0/s1. The van der Waals surface area contributed by atoms with Gasteiger partial charge in [0.2, 0.25) is 5.91 Å². The molecule has 2 saturated heterocycles. The van der Waals surface area contributed by atoms with Crippen LogP contribution in [0.4, 0.5) is 5.69 Å². The fourth-order valence-corrected chi connectivity index (χ4v) is 5.81. The van der Waals surface area contributed by atoms with E-state index >= 15 is 0 Å². The number of nitrogens with zero attached hydrogens (tertiary/aromatic N) is 5. The predicted molar refractivity (Wildman–Crippen MR) is 143 cm³/mol. The summed E-state index contributed by atoms with van der Waals surface area (Å²) in [5.41, 5.74) is 4.94. The number of hydrogen-bond donors (Lipinski definition) is 0. The van der Waals surface area contributed by atoms with Crippen molar-refractivity contribution in [3.8, 4) is 0 Å². The molecule has 0 radical (unpaired) electrons. The zero-order valence-corrected chi connectivity index (χ0v) is 21.3. The molecule has 1 atom stereocenters. The molecule has 2 aliphatic rings. The van der Waals surface area contributed by atoms with E-state index in [4.69, 9.17) is 4.98 Å². The summed E-state index contributed by atoms with van der Waals surface area (Å²) in [4.78, 5) is 25.3. The van der Waals surface area contributed by atoms with Gasteiger partial charge in [-0.05, 0) is 62.6 Å². The lowest BCUT2D eigenvalue weighted by molar-refractivity contribution is -0.137. The Labute approximate surface area is 209 Å². The van der Waals surface area contributed by atoms with Gasteiger partial charge in [-0.2, -0.15) is 0 Å². The largest absolute Gasteiger partial charge is 0.368 e. The Hall–Kier alpha value is -2.86. The van der Waals surface area contributed by atoms with Crippen LogP contribution in [0, 0.1) is 5.92 Å². The van der Waals surface area contributed by atoms with Gasteiger partial charge >= 0.3 is 0 Å². The van der Waals surface area contributed by atoms with Crippen LogP contribution in [0.3, 0.4) is 0 Å². The summed E-state index contributed by atoms with van der Waals surface area (Å²) in [5.74, 6) is 1.56. The molecule has 6 heteroatoms. The number of likely N-dealkylation sites (tertiary alicyclic amines) is 1. The SMILES string of the molecule is CCCc1ccc(N2CCN(C(=O)[C@H]3CCCN(Cc4nc5ccccc5n4CC)C3)CC2)cc1. The predicted octanol–water partition coefficient (Wildman–Crippen LogP) is 4.57. The number of imidazole rings is 1. The van der Waals surface area contributed by atoms with Gasteiger partial charge in [0, 0.05) is 45.0 Å². The minimum absolute atomic E-state index is 0.100. The average molecular weight is 474 g/mol.